The number of benzene rings is 4. The molecule has 0 fully saturated rings. The highest BCUT2D eigenvalue weighted by atomic mass is 32.3. The van der Waals surface area contributed by atoms with Crippen LogP contribution in [-0.2, 0) is 0 Å². The normalized spacial score (nSPS) is 10.7. The second-order valence-electron chi connectivity index (χ2n) is 8.02. The van der Waals surface area contributed by atoms with Crippen LogP contribution in [0.2, 0.25) is 0 Å². The van der Waals surface area contributed by atoms with Gasteiger partial charge in [-0.3, -0.25) is 0 Å². The number of hydrogen-bond acceptors (Lipinski definition) is 7. The molecular formula is C30H45N3O4S. The molecule has 0 amide bonds. The Hall–Kier alpha value is -3.17. The van der Waals surface area contributed by atoms with Gasteiger partial charge in [0, 0.05) is 18.0 Å². The lowest BCUT2D eigenvalue weighted by molar-refractivity contribution is 0.374. The lowest BCUT2D eigenvalue weighted by Crippen LogP contribution is -2.00. The summed E-state index contributed by atoms with van der Waals surface area (Å²) in [6, 6.07) is 21.3. The Labute approximate surface area is 229 Å². The van der Waals surface area contributed by atoms with E-state index in [4.69, 9.17) is 5.73 Å². The van der Waals surface area contributed by atoms with Crippen molar-refractivity contribution in [1.29, 1.82) is 0 Å². The molecule has 4 aromatic carbocycles. The topological polar surface area (TPSA) is 132 Å². The van der Waals surface area contributed by atoms with Crippen molar-refractivity contribution in [3.05, 3.63) is 72.3 Å². The zero-order chi connectivity index (χ0) is 29.3. The summed E-state index contributed by atoms with van der Waals surface area (Å²) in [5, 5.41) is 21.1. The molecule has 0 aliphatic carbocycles. The summed E-state index contributed by atoms with van der Waals surface area (Å²) in [4.78, 5) is -0.133. The SMILES string of the molecule is CC.CCC.CCC.CN=Nc1ccc2cc(S(O)(O)O)c(C)c(O)c2c1N.c1ccc2ccccc2c1. The summed E-state index contributed by atoms with van der Waals surface area (Å²) < 4.78 is 28.1. The molecule has 4 rings (SSSR count). The van der Waals surface area contributed by atoms with E-state index in [2.05, 4.69) is 86.5 Å². The van der Waals surface area contributed by atoms with Crippen molar-refractivity contribution >= 4 is 43.8 Å². The van der Waals surface area contributed by atoms with E-state index in [0.717, 1.165) is 0 Å². The van der Waals surface area contributed by atoms with Crippen LogP contribution in [0.3, 0.4) is 0 Å². The van der Waals surface area contributed by atoms with E-state index < -0.39 is 10.9 Å². The molecule has 210 valence electrons. The predicted octanol–water partition coefficient (Wildman–Crippen LogP) is 10.4. The third kappa shape index (κ3) is 10.3. The van der Waals surface area contributed by atoms with E-state index in [1.54, 1.807) is 12.1 Å². The number of aromatic hydroxyl groups is 1. The summed E-state index contributed by atoms with van der Waals surface area (Å²) in [6.07, 6.45) is 2.50. The van der Waals surface area contributed by atoms with E-state index in [0.29, 0.717) is 16.5 Å². The maximum absolute atomic E-state index is 10.2. The first-order chi connectivity index (χ1) is 18.1. The van der Waals surface area contributed by atoms with Crippen molar-refractivity contribution in [3.8, 4) is 5.75 Å². The molecule has 0 atom stereocenters. The average Bonchev–Trinajstić information content (AvgIpc) is 2.89. The number of nitrogens with zero attached hydrogens (tertiary/aromatic N) is 2. The van der Waals surface area contributed by atoms with Crippen molar-refractivity contribution in [3.63, 3.8) is 0 Å². The molecule has 7 nitrogen and oxygen atoms in total. The Kier molecular flexibility index (Phi) is 16.6. The molecular weight excluding hydrogens is 498 g/mol. The Balaban J connectivity index is 0.000000630. The van der Waals surface area contributed by atoms with E-state index in [1.165, 1.54) is 43.7 Å². The summed E-state index contributed by atoms with van der Waals surface area (Å²) in [5.74, 6) is -0.225. The molecule has 0 aliphatic heterocycles. The summed E-state index contributed by atoms with van der Waals surface area (Å²) in [5.41, 5.74) is 6.72. The van der Waals surface area contributed by atoms with Gasteiger partial charge in [0.2, 0.25) is 0 Å². The molecule has 0 aliphatic rings. The maximum atomic E-state index is 10.2. The lowest BCUT2D eigenvalue weighted by Gasteiger charge is -2.23. The molecule has 0 heterocycles. The van der Waals surface area contributed by atoms with Crippen molar-refractivity contribution in [1.82, 2.24) is 0 Å². The minimum atomic E-state index is -3.92. The summed E-state index contributed by atoms with van der Waals surface area (Å²) >= 11 is 0. The first kappa shape index (κ1) is 34.8. The first-order valence-corrected chi connectivity index (χ1v) is 14.4. The quantitative estimate of drug-likeness (QED) is 0.127. The fourth-order valence-electron chi connectivity index (χ4n) is 3.18. The van der Waals surface area contributed by atoms with Gasteiger partial charge in [-0.05, 0) is 35.2 Å². The molecule has 0 saturated heterocycles. The van der Waals surface area contributed by atoms with Crippen LogP contribution < -0.4 is 5.73 Å². The van der Waals surface area contributed by atoms with Gasteiger partial charge in [-0.15, -0.1) is 0 Å². The lowest BCUT2D eigenvalue weighted by atomic mass is 10.0. The second-order valence-corrected chi connectivity index (χ2v) is 9.50. The molecule has 6 N–H and O–H groups in total. The summed E-state index contributed by atoms with van der Waals surface area (Å²) in [6.45, 7) is 14.0. The monoisotopic (exact) mass is 543 g/mol. The number of nitrogens with two attached hydrogens (primary N) is 1. The number of rotatable bonds is 2. The summed E-state index contributed by atoms with van der Waals surface area (Å²) in [7, 11) is -2.42. The Morgan fingerprint density at radius 3 is 1.55 bits per heavy atom. The molecule has 0 bridgehead atoms. The van der Waals surface area contributed by atoms with E-state index in [1.807, 2.05) is 13.8 Å². The van der Waals surface area contributed by atoms with Gasteiger partial charge < -0.3 is 24.5 Å². The van der Waals surface area contributed by atoms with Crippen molar-refractivity contribution < 1.29 is 18.8 Å². The third-order valence-corrected chi connectivity index (χ3v) is 5.68. The molecule has 0 unspecified atom stereocenters. The molecule has 38 heavy (non-hydrogen) atoms. The van der Waals surface area contributed by atoms with Crippen molar-refractivity contribution in [2.45, 2.75) is 66.2 Å². The van der Waals surface area contributed by atoms with Crippen LogP contribution in [0.5, 0.6) is 5.75 Å². The van der Waals surface area contributed by atoms with Gasteiger partial charge in [0.15, 0.2) is 0 Å². The largest absolute Gasteiger partial charge is 0.507 e. The Bertz CT molecular complexity index is 1200. The molecule has 0 radical (unpaired) electrons. The minimum absolute atomic E-state index is 0.133. The van der Waals surface area contributed by atoms with Crippen LogP contribution in [0.15, 0.2) is 81.9 Å². The Morgan fingerprint density at radius 2 is 1.18 bits per heavy atom. The van der Waals surface area contributed by atoms with Gasteiger partial charge in [-0.2, -0.15) is 10.2 Å². The van der Waals surface area contributed by atoms with Crippen LogP contribution in [-0.4, -0.2) is 25.8 Å². The molecule has 8 heteroatoms. The molecule has 4 aromatic rings. The van der Waals surface area contributed by atoms with Gasteiger partial charge >= 0.3 is 0 Å². The standard InChI is InChI=1S/C12H15N3O4S.C10H8.2C3H8.C2H6/c1-6-9(20(17,18)19)5-7-3-4-8(15-14-2)11(13)10(7)12(6)16;1-2-6-10-8-4-3-7-9(10)5-1;2*1-3-2;1-2/h3-5,16-19H,13H2,1-2H3;1-8H;2*3H2,1-2H3;1-2H3. The second kappa shape index (κ2) is 18.1. The maximum Gasteiger partial charge on any atom is 0.129 e. The van der Waals surface area contributed by atoms with Crippen LogP contribution in [0.1, 0.15) is 59.9 Å². The van der Waals surface area contributed by atoms with Gasteiger partial charge in [0.05, 0.1) is 10.6 Å². The number of azo groups is 1. The average molecular weight is 544 g/mol. The van der Waals surface area contributed by atoms with Gasteiger partial charge in [-0.25, -0.2) is 0 Å². The zero-order valence-corrected chi connectivity index (χ0v) is 24.8. The van der Waals surface area contributed by atoms with Crippen LogP contribution in [0.4, 0.5) is 11.4 Å². The molecule has 0 spiro atoms. The molecule has 0 aromatic heterocycles. The van der Waals surface area contributed by atoms with Crippen LogP contribution >= 0.6 is 10.9 Å². The highest BCUT2D eigenvalue weighted by molar-refractivity contribution is 8.19. The first-order valence-electron chi connectivity index (χ1n) is 12.9. The van der Waals surface area contributed by atoms with Gasteiger partial charge in [0.1, 0.15) is 22.3 Å². The van der Waals surface area contributed by atoms with Crippen molar-refractivity contribution in [2.75, 3.05) is 12.8 Å². The number of fused-ring (bicyclic) bond motifs is 2. The number of nitrogen functional groups attached to an aromatic ring is 1. The van der Waals surface area contributed by atoms with E-state index >= 15 is 0 Å². The fourth-order valence-corrected chi connectivity index (χ4v) is 3.97. The number of phenols is 1. The Morgan fingerprint density at radius 1 is 0.763 bits per heavy atom. The highest BCUT2D eigenvalue weighted by Gasteiger charge is 2.23. The third-order valence-electron chi connectivity index (χ3n) is 4.66. The van der Waals surface area contributed by atoms with Crippen molar-refractivity contribution in [2.24, 2.45) is 10.2 Å². The number of phenolic OH excluding ortho intramolecular Hbond substituents is 1. The zero-order valence-electron chi connectivity index (χ0n) is 23.9. The predicted molar refractivity (Wildman–Crippen MR) is 166 cm³/mol. The smallest absolute Gasteiger partial charge is 0.129 e. The van der Waals surface area contributed by atoms with Gasteiger partial charge in [-0.1, -0.05) is 109 Å². The van der Waals surface area contributed by atoms with E-state index in [9.17, 15) is 18.8 Å². The fraction of sp³-hybridized carbons (Fsp3) is 0.333. The molecule has 0 saturated carbocycles. The highest BCUT2D eigenvalue weighted by Crippen LogP contribution is 2.51. The van der Waals surface area contributed by atoms with E-state index in [-0.39, 0.29) is 21.9 Å². The van der Waals surface area contributed by atoms with Crippen LogP contribution in [0, 0.1) is 6.92 Å². The van der Waals surface area contributed by atoms with Crippen LogP contribution in [0.25, 0.3) is 21.5 Å². The van der Waals surface area contributed by atoms with Gasteiger partial charge in [0.25, 0.3) is 0 Å². The minimum Gasteiger partial charge on any atom is -0.507 e. The number of hydrogen-bond donors (Lipinski definition) is 5. The number of anilines is 1.